The number of benzene rings is 2. The SMILES string of the molecule is Cc1cccc(O[C@@H](C)C(=O)OCc2ccc(-n3cccn3)cc2)c1. The van der Waals surface area contributed by atoms with Crippen molar-refractivity contribution in [2.24, 2.45) is 0 Å². The summed E-state index contributed by atoms with van der Waals surface area (Å²) in [5.41, 5.74) is 2.94. The largest absolute Gasteiger partial charge is 0.479 e. The standard InChI is InChI=1S/C20H20N2O3/c1-15-5-3-6-19(13-15)25-16(2)20(23)24-14-17-7-9-18(10-8-17)22-12-4-11-21-22/h3-13,16H,14H2,1-2H3/t16-/m0/s1. The third kappa shape index (κ3) is 4.47. The van der Waals surface area contributed by atoms with Crippen molar-refractivity contribution in [2.75, 3.05) is 0 Å². The van der Waals surface area contributed by atoms with E-state index in [9.17, 15) is 4.79 Å². The molecule has 128 valence electrons. The van der Waals surface area contributed by atoms with Crippen molar-refractivity contribution in [3.8, 4) is 11.4 Å². The maximum Gasteiger partial charge on any atom is 0.347 e. The molecule has 0 saturated heterocycles. The van der Waals surface area contributed by atoms with Crippen molar-refractivity contribution >= 4 is 5.97 Å². The molecule has 1 atom stereocenters. The Morgan fingerprint density at radius 3 is 2.64 bits per heavy atom. The molecule has 1 heterocycles. The molecule has 0 aliphatic heterocycles. The molecule has 0 aliphatic carbocycles. The molecule has 0 fully saturated rings. The van der Waals surface area contributed by atoms with E-state index in [-0.39, 0.29) is 6.61 Å². The highest BCUT2D eigenvalue weighted by Crippen LogP contribution is 2.15. The fraction of sp³-hybridized carbons (Fsp3) is 0.200. The number of hydrogen-bond donors (Lipinski definition) is 0. The number of hydrogen-bond acceptors (Lipinski definition) is 4. The average Bonchev–Trinajstić information content (AvgIpc) is 3.14. The van der Waals surface area contributed by atoms with Crippen LogP contribution in [-0.2, 0) is 16.1 Å². The van der Waals surface area contributed by atoms with E-state index >= 15 is 0 Å². The summed E-state index contributed by atoms with van der Waals surface area (Å²) in [6.07, 6.45) is 2.94. The predicted octanol–water partition coefficient (Wildman–Crippen LogP) is 3.69. The second kappa shape index (κ2) is 7.66. The third-order valence-corrected chi connectivity index (χ3v) is 3.72. The summed E-state index contributed by atoms with van der Waals surface area (Å²) < 4.78 is 12.7. The summed E-state index contributed by atoms with van der Waals surface area (Å²) in [5.74, 6) is 0.269. The van der Waals surface area contributed by atoms with Crippen molar-refractivity contribution in [3.05, 3.63) is 78.1 Å². The van der Waals surface area contributed by atoms with Crippen LogP contribution in [0.2, 0.25) is 0 Å². The Kier molecular flexibility index (Phi) is 5.14. The zero-order valence-electron chi connectivity index (χ0n) is 14.3. The summed E-state index contributed by atoms with van der Waals surface area (Å²) >= 11 is 0. The summed E-state index contributed by atoms with van der Waals surface area (Å²) in [7, 11) is 0. The summed E-state index contributed by atoms with van der Waals surface area (Å²) in [6, 6.07) is 17.1. The average molecular weight is 336 g/mol. The maximum atomic E-state index is 12.1. The van der Waals surface area contributed by atoms with Crippen LogP contribution in [-0.4, -0.2) is 21.9 Å². The van der Waals surface area contributed by atoms with Gasteiger partial charge in [-0.15, -0.1) is 0 Å². The molecule has 5 nitrogen and oxygen atoms in total. The highest BCUT2D eigenvalue weighted by molar-refractivity contribution is 5.74. The second-order valence-corrected chi connectivity index (χ2v) is 5.80. The Hall–Kier alpha value is -3.08. The van der Waals surface area contributed by atoms with Crippen LogP contribution in [0.4, 0.5) is 0 Å². The van der Waals surface area contributed by atoms with E-state index in [0.717, 1.165) is 16.8 Å². The Bertz CT molecular complexity index is 826. The Labute approximate surface area is 146 Å². The van der Waals surface area contributed by atoms with Crippen molar-refractivity contribution < 1.29 is 14.3 Å². The smallest absolute Gasteiger partial charge is 0.347 e. The molecule has 3 aromatic rings. The zero-order chi connectivity index (χ0) is 17.6. The van der Waals surface area contributed by atoms with Gasteiger partial charge < -0.3 is 9.47 Å². The van der Waals surface area contributed by atoms with E-state index in [2.05, 4.69) is 5.10 Å². The van der Waals surface area contributed by atoms with Crippen LogP contribution in [0.25, 0.3) is 5.69 Å². The van der Waals surface area contributed by atoms with Gasteiger partial charge in [0.15, 0.2) is 6.10 Å². The second-order valence-electron chi connectivity index (χ2n) is 5.80. The molecule has 3 rings (SSSR count). The number of aryl methyl sites for hydroxylation is 1. The lowest BCUT2D eigenvalue weighted by Gasteiger charge is -2.14. The first-order valence-electron chi connectivity index (χ1n) is 8.11. The van der Waals surface area contributed by atoms with Crippen LogP contribution < -0.4 is 4.74 Å². The van der Waals surface area contributed by atoms with Crippen LogP contribution in [0.1, 0.15) is 18.1 Å². The molecule has 25 heavy (non-hydrogen) atoms. The molecule has 0 spiro atoms. The van der Waals surface area contributed by atoms with Crippen LogP contribution >= 0.6 is 0 Å². The van der Waals surface area contributed by atoms with Crippen molar-refractivity contribution in [2.45, 2.75) is 26.6 Å². The third-order valence-electron chi connectivity index (χ3n) is 3.72. The van der Waals surface area contributed by atoms with Gasteiger partial charge in [0.1, 0.15) is 12.4 Å². The normalized spacial score (nSPS) is 11.8. The monoisotopic (exact) mass is 336 g/mol. The van der Waals surface area contributed by atoms with Gasteiger partial charge in [-0.25, -0.2) is 9.48 Å². The van der Waals surface area contributed by atoms with E-state index in [4.69, 9.17) is 9.47 Å². The quantitative estimate of drug-likeness (QED) is 0.644. The van der Waals surface area contributed by atoms with Gasteiger partial charge in [-0.3, -0.25) is 0 Å². The van der Waals surface area contributed by atoms with Crippen LogP contribution in [0.5, 0.6) is 5.75 Å². The van der Waals surface area contributed by atoms with Gasteiger partial charge in [0, 0.05) is 12.4 Å². The molecule has 0 saturated carbocycles. The van der Waals surface area contributed by atoms with Gasteiger partial charge in [0.25, 0.3) is 0 Å². The van der Waals surface area contributed by atoms with E-state index in [1.54, 1.807) is 17.8 Å². The Morgan fingerprint density at radius 1 is 1.16 bits per heavy atom. The predicted molar refractivity (Wildman–Crippen MR) is 94.6 cm³/mol. The van der Waals surface area contributed by atoms with Gasteiger partial charge in [0.2, 0.25) is 0 Å². The fourth-order valence-electron chi connectivity index (χ4n) is 2.38. The van der Waals surface area contributed by atoms with Crippen molar-refractivity contribution in [1.82, 2.24) is 9.78 Å². The number of ether oxygens (including phenoxy) is 2. The maximum absolute atomic E-state index is 12.1. The molecular formula is C20H20N2O3. The first-order chi connectivity index (χ1) is 12.1. The Balaban J connectivity index is 1.53. The molecule has 0 amide bonds. The van der Waals surface area contributed by atoms with Gasteiger partial charge in [0.05, 0.1) is 5.69 Å². The lowest BCUT2D eigenvalue weighted by Crippen LogP contribution is -2.26. The van der Waals surface area contributed by atoms with E-state index in [0.29, 0.717) is 5.75 Å². The Morgan fingerprint density at radius 2 is 1.96 bits per heavy atom. The molecule has 0 bridgehead atoms. The summed E-state index contributed by atoms with van der Waals surface area (Å²) in [6.45, 7) is 3.87. The molecule has 5 heteroatoms. The topological polar surface area (TPSA) is 53.4 Å². The van der Waals surface area contributed by atoms with Crippen molar-refractivity contribution in [3.63, 3.8) is 0 Å². The minimum absolute atomic E-state index is 0.208. The molecule has 0 radical (unpaired) electrons. The number of carbonyl (C=O) groups is 1. The molecule has 1 aromatic heterocycles. The first kappa shape index (κ1) is 16.8. The number of esters is 1. The number of carbonyl (C=O) groups excluding carboxylic acids is 1. The lowest BCUT2D eigenvalue weighted by atomic mass is 10.2. The highest BCUT2D eigenvalue weighted by atomic mass is 16.6. The first-order valence-corrected chi connectivity index (χ1v) is 8.11. The van der Waals surface area contributed by atoms with E-state index < -0.39 is 12.1 Å². The van der Waals surface area contributed by atoms with Crippen molar-refractivity contribution in [1.29, 1.82) is 0 Å². The number of rotatable bonds is 6. The van der Waals surface area contributed by atoms with E-state index in [1.807, 2.05) is 67.7 Å². The summed E-state index contributed by atoms with van der Waals surface area (Å²) in [5, 5.41) is 4.17. The van der Waals surface area contributed by atoms with Gasteiger partial charge >= 0.3 is 5.97 Å². The molecule has 0 aliphatic rings. The van der Waals surface area contributed by atoms with Crippen LogP contribution in [0.3, 0.4) is 0 Å². The van der Waals surface area contributed by atoms with Gasteiger partial charge in [-0.1, -0.05) is 24.3 Å². The van der Waals surface area contributed by atoms with Gasteiger partial charge in [-0.05, 0) is 55.3 Å². The molecular weight excluding hydrogens is 316 g/mol. The van der Waals surface area contributed by atoms with Crippen LogP contribution in [0, 0.1) is 6.92 Å². The van der Waals surface area contributed by atoms with Gasteiger partial charge in [-0.2, -0.15) is 5.10 Å². The molecule has 0 unspecified atom stereocenters. The minimum Gasteiger partial charge on any atom is -0.479 e. The minimum atomic E-state index is -0.662. The molecule has 0 N–H and O–H groups in total. The number of nitrogens with zero attached hydrogens (tertiary/aromatic N) is 2. The van der Waals surface area contributed by atoms with E-state index in [1.165, 1.54) is 0 Å². The fourth-order valence-corrected chi connectivity index (χ4v) is 2.38. The summed E-state index contributed by atoms with van der Waals surface area (Å²) in [4.78, 5) is 12.1. The highest BCUT2D eigenvalue weighted by Gasteiger charge is 2.16. The lowest BCUT2D eigenvalue weighted by molar-refractivity contribution is -0.152. The van der Waals surface area contributed by atoms with Crippen LogP contribution in [0.15, 0.2) is 67.0 Å². The molecule has 2 aromatic carbocycles. The zero-order valence-corrected chi connectivity index (χ0v) is 14.3. The number of aromatic nitrogens is 2.